The Labute approximate surface area is 147 Å². The van der Waals surface area contributed by atoms with Gasteiger partial charge in [-0.2, -0.15) is 0 Å². The summed E-state index contributed by atoms with van der Waals surface area (Å²) in [6.45, 7) is 5.58. The molecule has 0 N–H and O–H groups in total. The number of benzene rings is 2. The molecule has 2 aromatic carbocycles. The Bertz CT molecular complexity index is 879. The minimum atomic E-state index is 0.572. The Morgan fingerprint density at radius 3 is 2.54 bits per heavy atom. The molecule has 124 valence electrons. The van der Waals surface area contributed by atoms with Crippen LogP contribution in [0.25, 0.3) is 17.1 Å². The molecule has 0 radical (unpaired) electrons. The summed E-state index contributed by atoms with van der Waals surface area (Å²) in [4.78, 5) is 4.79. The van der Waals surface area contributed by atoms with Crippen molar-refractivity contribution in [3.05, 3.63) is 70.0 Å². The molecule has 0 fully saturated rings. The molecule has 0 spiro atoms. The quantitative estimate of drug-likeness (QED) is 0.652. The van der Waals surface area contributed by atoms with Gasteiger partial charge in [0.05, 0.1) is 17.6 Å². The van der Waals surface area contributed by atoms with E-state index in [1.165, 1.54) is 16.7 Å². The van der Waals surface area contributed by atoms with Crippen molar-refractivity contribution in [2.75, 3.05) is 13.7 Å². The summed E-state index contributed by atoms with van der Waals surface area (Å²) in [6, 6.07) is 12.3. The van der Waals surface area contributed by atoms with Gasteiger partial charge in [-0.25, -0.2) is 4.98 Å². The van der Waals surface area contributed by atoms with E-state index in [0.717, 1.165) is 28.4 Å². The average Bonchev–Trinajstić information content (AvgIpc) is 2.87. The van der Waals surface area contributed by atoms with Gasteiger partial charge in [-0.05, 0) is 60.9 Å². The number of ether oxygens (including phenoxy) is 1. The van der Waals surface area contributed by atoms with Gasteiger partial charge >= 0.3 is 0 Å². The van der Waals surface area contributed by atoms with Crippen molar-refractivity contribution in [2.24, 2.45) is 0 Å². The van der Waals surface area contributed by atoms with Crippen molar-refractivity contribution in [3.8, 4) is 0 Å². The van der Waals surface area contributed by atoms with Crippen LogP contribution in [0.2, 0.25) is 5.02 Å². The summed E-state index contributed by atoms with van der Waals surface area (Å²) in [5.74, 6) is 0.932. The second-order valence-electron chi connectivity index (χ2n) is 5.97. The number of nitrogens with zero attached hydrogens (tertiary/aromatic N) is 2. The van der Waals surface area contributed by atoms with Crippen LogP contribution < -0.4 is 0 Å². The van der Waals surface area contributed by atoms with Crippen molar-refractivity contribution < 1.29 is 4.74 Å². The first-order valence-electron chi connectivity index (χ1n) is 7.96. The zero-order valence-corrected chi connectivity index (χ0v) is 15.0. The molecule has 1 heterocycles. The maximum Gasteiger partial charge on any atom is 0.133 e. The maximum absolute atomic E-state index is 6.00. The van der Waals surface area contributed by atoms with E-state index in [-0.39, 0.29) is 0 Å². The van der Waals surface area contributed by atoms with Gasteiger partial charge in [0.15, 0.2) is 0 Å². The number of aromatic nitrogens is 2. The second-order valence-corrected chi connectivity index (χ2v) is 6.40. The van der Waals surface area contributed by atoms with E-state index in [9.17, 15) is 0 Å². The third kappa shape index (κ3) is 3.53. The highest BCUT2D eigenvalue weighted by atomic mass is 35.5. The smallest absolute Gasteiger partial charge is 0.133 e. The lowest BCUT2D eigenvalue weighted by atomic mass is 10.1. The maximum atomic E-state index is 6.00. The second kappa shape index (κ2) is 7.20. The van der Waals surface area contributed by atoms with Gasteiger partial charge in [0.25, 0.3) is 0 Å². The minimum Gasteiger partial charge on any atom is -0.381 e. The molecule has 4 heteroatoms. The van der Waals surface area contributed by atoms with Gasteiger partial charge in [-0.1, -0.05) is 29.8 Å². The largest absolute Gasteiger partial charge is 0.381 e. The zero-order chi connectivity index (χ0) is 17.1. The van der Waals surface area contributed by atoms with Crippen molar-refractivity contribution in [2.45, 2.75) is 20.4 Å². The Balaban J connectivity index is 2.08. The SMILES string of the molecule is COC/C=C/c1nc2cc(C)c(C)cc2n1Cc1ccc(Cl)cc1. The molecule has 0 unspecified atom stereocenters. The van der Waals surface area contributed by atoms with Crippen LogP contribution in [0.4, 0.5) is 0 Å². The van der Waals surface area contributed by atoms with Crippen LogP contribution in [0.1, 0.15) is 22.5 Å². The third-order valence-electron chi connectivity index (χ3n) is 4.18. The van der Waals surface area contributed by atoms with Crippen molar-refractivity contribution in [1.29, 1.82) is 0 Å². The van der Waals surface area contributed by atoms with Gasteiger partial charge < -0.3 is 9.30 Å². The summed E-state index contributed by atoms with van der Waals surface area (Å²) in [5.41, 5.74) is 5.88. The summed E-state index contributed by atoms with van der Waals surface area (Å²) in [6.07, 6.45) is 4.00. The third-order valence-corrected chi connectivity index (χ3v) is 4.43. The fourth-order valence-corrected chi connectivity index (χ4v) is 2.84. The van der Waals surface area contributed by atoms with Crippen LogP contribution in [0.5, 0.6) is 0 Å². The molecular weight excluding hydrogens is 320 g/mol. The fourth-order valence-electron chi connectivity index (χ4n) is 2.71. The van der Waals surface area contributed by atoms with Gasteiger partial charge in [0.2, 0.25) is 0 Å². The van der Waals surface area contributed by atoms with Gasteiger partial charge in [0.1, 0.15) is 5.82 Å². The van der Waals surface area contributed by atoms with Crippen molar-refractivity contribution >= 4 is 28.7 Å². The number of rotatable bonds is 5. The molecule has 3 rings (SSSR count). The molecule has 0 saturated heterocycles. The average molecular weight is 341 g/mol. The van der Waals surface area contributed by atoms with Crippen LogP contribution in [0.3, 0.4) is 0 Å². The molecule has 1 aromatic heterocycles. The van der Waals surface area contributed by atoms with E-state index >= 15 is 0 Å². The van der Waals surface area contributed by atoms with Gasteiger partial charge in [-0.3, -0.25) is 0 Å². The van der Waals surface area contributed by atoms with Crippen molar-refractivity contribution in [1.82, 2.24) is 9.55 Å². The molecule has 0 saturated carbocycles. The number of hydrogen-bond donors (Lipinski definition) is 0. The Morgan fingerprint density at radius 1 is 1.12 bits per heavy atom. The van der Waals surface area contributed by atoms with Crippen LogP contribution in [0.15, 0.2) is 42.5 Å². The summed E-state index contributed by atoms with van der Waals surface area (Å²) >= 11 is 6.00. The highest BCUT2D eigenvalue weighted by Gasteiger charge is 2.11. The first-order valence-corrected chi connectivity index (χ1v) is 8.33. The molecule has 0 aliphatic carbocycles. The predicted molar refractivity (Wildman–Crippen MR) is 101 cm³/mol. The highest BCUT2D eigenvalue weighted by Crippen LogP contribution is 2.23. The molecule has 24 heavy (non-hydrogen) atoms. The van der Waals surface area contributed by atoms with Crippen molar-refractivity contribution in [3.63, 3.8) is 0 Å². The number of halogens is 1. The highest BCUT2D eigenvalue weighted by molar-refractivity contribution is 6.30. The Morgan fingerprint density at radius 2 is 1.83 bits per heavy atom. The Kier molecular flexibility index (Phi) is 5.03. The fraction of sp³-hybridized carbons (Fsp3) is 0.250. The van der Waals surface area contributed by atoms with E-state index < -0.39 is 0 Å². The van der Waals surface area contributed by atoms with E-state index in [0.29, 0.717) is 6.61 Å². The van der Waals surface area contributed by atoms with Crippen LogP contribution >= 0.6 is 11.6 Å². The predicted octanol–water partition coefficient (Wildman–Crippen LogP) is 5.01. The van der Waals surface area contributed by atoms with E-state index in [1.54, 1.807) is 7.11 Å². The molecule has 0 amide bonds. The van der Waals surface area contributed by atoms with Gasteiger partial charge in [-0.15, -0.1) is 0 Å². The van der Waals surface area contributed by atoms with Gasteiger partial charge in [0, 0.05) is 18.7 Å². The molecule has 0 aliphatic rings. The Hall–Kier alpha value is -2.10. The molecule has 3 nitrogen and oxygen atoms in total. The summed E-state index contributed by atoms with van der Waals surface area (Å²) in [5, 5.41) is 0.751. The summed E-state index contributed by atoms with van der Waals surface area (Å²) in [7, 11) is 1.69. The normalized spacial score (nSPS) is 11.7. The lowest BCUT2D eigenvalue weighted by Crippen LogP contribution is -2.02. The van der Waals surface area contributed by atoms with E-state index in [4.69, 9.17) is 21.3 Å². The molecule has 3 aromatic rings. The summed E-state index contributed by atoms with van der Waals surface area (Å²) < 4.78 is 7.34. The first kappa shape index (κ1) is 16.7. The molecule has 0 atom stereocenters. The first-order chi connectivity index (χ1) is 11.6. The standard InChI is InChI=1S/C20H21ClN2O/c1-14-11-18-19(12-15(14)2)23(20(22-18)5-4-10-24-3)13-16-6-8-17(21)9-7-16/h4-9,11-12H,10,13H2,1-3H3/b5-4+. The molecular formula is C20H21ClN2O. The number of methoxy groups -OCH3 is 1. The topological polar surface area (TPSA) is 27.1 Å². The van der Waals surface area contributed by atoms with E-state index in [1.807, 2.05) is 24.3 Å². The van der Waals surface area contributed by atoms with Crippen LogP contribution in [-0.4, -0.2) is 23.3 Å². The lowest BCUT2D eigenvalue weighted by Gasteiger charge is -2.09. The van der Waals surface area contributed by atoms with E-state index in [2.05, 4.69) is 42.7 Å². The lowest BCUT2D eigenvalue weighted by molar-refractivity contribution is 0.234. The molecule has 0 aliphatic heterocycles. The number of fused-ring (bicyclic) bond motifs is 1. The molecule has 0 bridgehead atoms. The minimum absolute atomic E-state index is 0.572. The number of aryl methyl sites for hydroxylation is 2. The number of hydrogen-bond acceptors (Lipinski definition) is 2. The zero-order valence-electron chi connectivity index (χ0n) is 14.2. The number of imidazole rings is 1. The van der Waals surface area contributed by atoms with Crippen LogP contribution in [-0.2, 0) is 11.3 Å². The monoisotopic (exact) mass is 340 g/mol. The van der Waals surface area contributed by atoms with Crippen LogP contribution in [0, 0.1) is 13.8 Å².